The number of epoxide rings is 1. The van der Waals surface area contributed by atoms with Crippen LogP contribution >= 0.6 is 0 Å². The van der Waals surface area contributed by atoms with Gasteiger partial charge in [0.2, 0.25) is 5.91 Å². The van der Waals surface area contributed by atoms with Gasteiger partial charge in [0, 0.05) is 6.42 Å². The molecule has 1 N–H and O–H groups in total. The van der Waals surface area contributed by atoms with Crippen molar-refractivity contribution in [1.29, 1.82) is 0 Å². The minimum atomic E-state index is 0.0613. The first kappa shape index (κ1) is 9.66. The lowest BCUT2D eigenvalue weighted by molar-refractivity contribution is -0.116. The number of nitrogens with one attached hydrogen (secondary N) is 1. The van der Waals surface area contributed by atoms with Crippen molar-refractivity contribution in [1.82, 2.24) is 0 Å². The van der Waals surface area contributed by atoms with Gasteiger partial charge >= 0.3 is 0 Å². The first-order valence-electron chi connectivity index (χ1n) is 5.49. The molecule has 2 aliphatic heterocycles. The van der Waals surface area contributed by atoms with E-state index in [0.717, 1.165) is 30.0 Å². The molecule has 84 valence electrons. The van der Waals surface area contributed by atoms with Crippen LogP contribution in [0.15, 0.2) is 18.2 Å². The van der Waals surface area contributed by atoms with Crippen molar-refractivity contribution in [2.75, 3.05) is 18.5 Å². The largest absolute Gasteiger partial charge is 0.489 e. The Labute approximate surface area is 93.5 Å². The molecule has 1 amide bonds. The van der Waals surface area contributed by atoms with Gasteiger partial charge in [-0.15, -0.1) is 0 Å². The highest BCUT2D eigenvalue weighted by atomic mass is 16.6. The molecule has 1 aromatic carbocycles. The van der Waals surface area contributed by atoms with E-state index in [4.69, 9.17) is 9.47 Å². The third-order valence-corrected chi connectivity index (χ3v) is 2.83. The molecule has 2 aliphatic rings. The summed E-state index contributed by atoms with van der Waals surface area (Å²) in [4.78, 5) is 11.3. The molecule has 0 bridgehead atoms. The van der Waals surface area contributed by atoms with Crippen LogP contribution in [0.25, 0.3) is 0 Å². The van der Waals surface area contributed by atoms with Crippen molar-refractivity contribution in [3.63, 3.8) is 0 Å². The summed E-state index contributed by atoms with van der Waals surface area (Å²) >= 11 is 0. The average Bonchev–Trinajstić information content (AvgIpc) is 3.10. The van der Waals surface area contributed by atoms with Gasteiger partial charge in [-0.2, -0.15) is 0 Å². The molecule has 1 aromatic rings. The van der Waals surface area contributed by atoms with E-state index in [-0.39, 0.29) is 12.0 Å². The fourth-order valence-corrected chi connectivity index (χ4v) is 1.84. The number of fused-ring (bicyclic) bond motifs is 1. The average molecular weight is 219 g/mol. The summed E-state index contributed by atoms with van der Waals surface area (Å²) in [6.07, 6.45) is 1.58. The molecule has 1 saturated heterocycles. The Morgan fingerprint density at radius 3 is 3.12 bits per heavy atom. The summed E-state index contributed by atoms with van der Waals surface area (Å²) in [7, 11) is 0. The van der Waals surface area contributed by atoms with Crippen LogP contribution in [0.1, 0.15) is 12.0 Å². The monoisotopic (exact) mass is 219 g/mol. The lowest BCUT2D eigenvalue weighted by Crippen LogP contribution is -2.20. The second kappa shape index (κ2) is 3.79. The van der Waals surface area contributed by atoms with Gasteiger partial charge in [-0.1, -0.05) is 12.1 Å². The van der Waals surface area contributed by atoms with E-state index in [0.29, 0.717) is 13.0 Å². The number of carbonyl (C=O) groups is 1. The van der Waals surface area contributed by atoms with Crippen molar-refractivity contribution in [2.24, 2.45) is 0 Å². The first-order chi connectivity index (χ1) is 7.83. The molecule has 2 heterocycles. The predicted molar refractivity (Wildman–Crippen MR) is 58.6 cm³/mol. The van der Waals surface area contributed by atoms with E-state index < -0.39 is 0 Å². The van der Waals surface area contributed by atoms with E-state index in [2.05, 4.69) is 5.32 Å². The molecule has 0 aromatic heterocycles. The molecule has 4 heteroatoms. The highest BCUT2D eigenvalue weighted by Crippen LogP contribution is 2.32. The standard InChI is InChI=1S/C12H13NO3/c14-11-5-4-8-2-1-3-10(12(8)13-11)16-7-9-6-15-9/h1-3,9H,4-7H2,(H,13,14). The van der Waals surface area contributed by atoms with Crippen molar-refractivity contribution >= 4 is 11.6 Å². The quantitative estimate of drug-likeness (QED) is 0.781. The van der Waals surface area contributed by atoms with Gasteiger partial charge in [0.25, 0.3) is 0 Å². The maximum atomic E-state index is 11.3. The smallest absolute Gasteiger partial charge is 0.224 e. The fourth-order valence-electron chi connectivity index (χ4n) is 1.84. The highest BCUT2D eigenvalue weighted by molar-refractivity contribution is 5.95. The Balaban J connectivity index is 1.82. The zero-order chi connectivity index (χ0) is 11.0. The summed E-state index contributed by atoms with van der Waals surface area (Å²) in [5.41, 5.74) is 1.98. The SMILES string of the molecule is O=C1CCc2cccc(OCC3CO3)c2N1. The minimum Gasteiger partial charge on any atom is -0.489 e. The lowest BCUT2D eigenvalue weighted by Gasteiger charge is -2.19. The van der Waals surface area contributed by atoms with Crippen molar-refractivity contribution < 1.29 is 14.3 Å². The van der Waals surface area contributed by atoms with Crippen LogP contribution in [0.3, 0.4) is 0 Å². The molecule has 1 unspecified atom stereocenters. The van der Waals surface area contributed by atoms with Gasteiger partial charge in [-0.3, -0.25) is 4.79 Å². The van der Waals surface area contributed by atoms with Crippen LogP contribution in [-0.2, 0) is 16.0 Å². The molecule has 1 fully saturated rings. The summed E-state index contributed by atoms with van der Waals surface area (Å²) in [5, 5.41) is 2.87. The van der Waals surface area contributed by atoms with E-state index in [1.165, 1.54) is 0 Å². The highest BCUT2D eigenvalue weighted by Gasteiger charge is 2.24. The van der Waals surface area contributed by atoms with Crippen LogP contribution < -0.4 is 10.1 Å². The van der Waals surface area contributed by atoms with Crippen molar-refractivity contribution in [3.05, 3.63) is 23.8 Å². The number of anilines is 1. The fraction of sp³-hybridized carbons (Fsp3) is 0.417. The van der Waals surface area contributed by atoms with Crippen LogP contribution in [0.2, 0.25) is 0 Å². The normalized spacial score (nSPS) is 22.2. The molecule has 0 aliphatic carbocycles. The molecule has 0 spiro atoms. The number of hydrogen-bond acceptors (Lipinski definition) is 3. The maximum Gasteiger partial charge on any atom is 0.224 e. The topological polar surface area (TPSA) is 50.9 Å². The Bertz CT molecular complexity index is 426. The number of aryl methyl sites for hydroxylation is 1. The summed E-state index contributed by atoms with van der Waals surface area (Å²) < 4.78 is 10.7. The van der Waals surface area contributed by atoms with Crippen molar-refractivity contribution in [2.45, 2.75) is 18.9 Å². The molecule has 0 saturated carbocycles. The van der Waals surface area contributed by atoms with E-state index >= 15 is 0 Å². The van der Waals surface area contributed by atoms with Crippen LogP contribution in [0, 0.1) is 0 Å². The number of benzene rings is 1. The summed E-state index contributed by atoms with van der Waals surface area (Å²) in [5.74, 6) is 0.812. The molecular weight excluding hydrogens is 206 g/mol. The van der Waals surface area contributed by atoms with Gasteiger partial charge in [0.1, 0.15) is 18.5 Å². The number of hydrogen-bond donors (Lipinski definition) is 1. The lowest BCUT2D eigenvalue weighted by atomic mass is 10.0. The first-order valence-corrected chi connectivity index (χ1v) is 5.49. The molecule has 1 atom stereocenters. The van der Waals surface area contributed by atoms with Gasteiger partial charge in [-0.25, -0.2) is 0 Å². The second-order valence-corrected chi connectivity index (χ2v) is 4.10. The van der Waals surface area contributed by atoms with Gasteiger partial charge < -0.3 is 14.8 Å². The van der Waals surface area contributed by atoms with Crippen LogP contribution in [0.4, 0.5) is 5.69 Å². The Kier molecular flexibility index (Phi) is 2.29. The third-order valence-electron chi connectivity index (χ3n) is 2.83. The molecule has 4 nitrogen and oxygen atoms in total. The van der Waals surface area contributed by atoms with E-state index in [1.54, 1.807) is 0 Å². The summed E-state index contributed by atoms with van der Waals surface area (Å²) in [6.45, 7) is 1.34. The predicted octanol–water partition coefficient (Wildman–Crippen LogP) is 1.35. The molecule has 3 rings (SSSR count). The molecule has 16 heavy (non-hydrogen) atoms. The minimum absolute atomic E-state index is 0.0613. The van der Waals surface area contributed by atoms with Gasteiger partial charge in [0.15, 0.2) is 0 Å². The number of ether oxygens (including phenoxy) is 2. The number of para-hydroxylation sites is 1. The Morgan fingerprint density at radius 2 is 2.31 bits per heavy atom. The molecule has 0 radical (unpaired) electrons. The zero-order valence-electron chi connectivity index (χ0n) is 8.86. The van der Waals surface area contributed by atoms with Gasteiger partial charge in [0.05, 0.1) is 12.3 Å². The van der Waals surface area contributed by atoms with Crippen LogP contribution in [-0.4, -0.2) is 25.2 Å². The summed E-state index contributed by atoms with van der Waals surface area (Å²) in [6, 6.07) is 5.86. The van der Waals surface area contributed by atoms with Crippen molar-refractivity contribution in [3.8, 4) is 5.75 Å². The van der Waals surface area contributed by atoms with E-state index in [9.17, 15) is 4.79 Å². The number of rotatable bonds is 3. The zero-order valence-corrected chi connectivity index (χ0v) is 8.86. The Hall–Kier alpha value is -1.55. The van der Waals surface area contributed by atoms with Crippen LogP contribution in [0.5, 0.6) is 5.75 Å². The number of carbonyl (C=O) groups excluding carboxylic acids is 1. The maximum absolute atomic E-state index is 11.3. The van der Waals surface area contributed by atoms with Gasteiger partial charge in [-0.05, 0) is 18.1 Å². The van der Waals surface area contributed by atoms with E-state index in [1.807, 2.05) is 18.2 Å². The molecular formula is C12H13NO3. The second-order valence-electron chi connectivity index (χ2n) is 4.10. The third kappa shape index (κ3) is 1.88. The number of amides is 1. The Morgan fingerprint density at radius 1 is 1.44 bits per heavy atom.